The zero-order chi connectivity index (χ0) is 35.2. The first-order valence-electron chi connectivity index (χ1n) is 15.8. The van der Waals surface area contributed by atoms with E-state index >= 15 is 0 Å². The third-order valence-corrected chi connectivity index (χ3v) is 8.72. The molecule has 1 aliphatic rings. The van der Waals surface area contributed by atoms with Crippen LogP contribution in [0.4, 0.5) is 26.3 Å². The van der Waals surface area contributed by atoms with Crippen molar-refractivity contribution < 1.29 is 41.0 Å². The molecule has 1 aliphatic carbocycles. The van der Waals surface area contributed by atoms with E-state index in [1.165, 1.54) is 12.1 Å². The van der Waals surface area contributed by atoms with Crippen LogP contribution in [-0.4, -0.2) is 49.0 Å². The van der Waals surface area contributed by atoms with Crippen LogP contribution in [0, 0.1) is 0 Å². The Bertz CT molecular complexity index is 1730. The second-order valence-corrected chi connectivity index (χ2v) is 11.9. The van der Waals surface area contributed by atoms with Gasteiger partial charge >= 0.3 is 12.4 Å². The minimum absolute atomic E-state index is 0.0136. The van der Waals surface area contributed by atoms with E-state index < -0.39 is 42.0 Å². The summed E-state index contributed by atoms with van der Waals surface area (Å²) < 4.78 is 78.3. The van der Waals surface area contributed by atoms with Gasteiger partial charge in [0.2, 0.25) is 5.91 Å². The van der Waals surface area contributed by atoms with Crippen LogP contribution in [0.15, 0.2) is 97.1 Å². The lowest BCUT2D eigenvalue weighted by Crippen LogP contribution is -2.51. The number of alkyl halides is 6. The molecule has 49 heavy (non-hydrogen) atoms. The fourth-order valence-electron chi connectivity index (χ4n) is 6.45. The highest BCUT2D eigenvalue weighted by Crippen LogP contribution is 2.52. The van der Waals surface area contributed by atoms with E-state index in [-0.39, 0.29) is 31.0 Å². The molecule has 258 valence electrons. The zero-order valence-corrected chi connectivity index (χ0v) is 26.3. The largest absolute Gasteiger partial charge is 0.416 e. The van der Waals surface area contributed by atoms with Gasteiger partial charge in [0.1, 0.15) is 6.23 Å². The van der Waals surface area contributed by atoms with Gasteiger partial charge in [-0.1, -0.05) is 85.3 Å². The summed E-state index contributed by atoms with van der Waals surface area (Å²) in [7, 11) is 0. The topological polar surface area (TPSA) is 90.5 Å². The zero-order valence-electron chi connectivity index (χ0n) is 26.3. The molecule has 0 heterocycles. The molecule has 0 aliphatic heterocycles. The highest BCUT2D eigenvalue weighted by molar-refractivity contribution is 6.01. The van der Waals surface area contributed by atoms with Crippen molar-refractivity contribution in [3.63, 3.8) is 0 Å². The average Bonchev–Trinajstić information content (AvgIpc) is 3.37. The molecule has 12 heteroatoms. The summed E-state index contributed by atoms with van der Waals surface area (Å²) in [4.78, 5) is 25.5. The van der Waals surface area contributed by atoms with Crippen molar-refractivity contribution in [1.29, 1.82) is 0 Å². The molecule has 5 rings (SSSR count). The molecule has 0 bridgehead atoms. The van der Waals surface area contributed by atoms with Gasteiger partial charge < -0.3 is 15.7 Å². The number of carbonyl (C=O) groups excluding carboxylic acids is 2. The average molecular weight is 684 g/mol. The molecule has 0 unspecified atom stereocenters. The third kappa shape index (κ3) is 8.14. The summed E-state index contributed by atoms with van der Waals surface area (Å²) >= 11 is 0. The van der Waals surface area contributed by atoms with Crippen molar-refractivity contribution in [2.24, 2.45) is 0 Å². The number of unbranched alkanes of at least 4 members (excludes halogenated alkanes) is 1. The first-order valence-corrected chi connectivity index (χ1v) is 15.8. The predicted molar refractivity (Wildman–Crippen MR) is 173 cm³/mol. The molecule has 2 amide bonds. The maximum atomic E-state index is 13.1. The Morgan fingerprint density at radius 2 is 1.27 bits per heavy atom. The Morgan fingerprint density at radius 3 is 1.86 bits per heavy atom. The molecule has 0 saturated carbocycles. The maximum Gasteiger partial charge on any atom is 0.416 e. The van der Waals surface area contributed by atoms with E-state index in [4.69, 9.17) is 0 Å². The van der Waals surface area contributed by atoms with Crippen LogP contribution in [0.1, 0.15) is 52.7 Å². The molecule has 4 aromatic rings. The highest BCUT2D eigenvalue weighted by Gasteiger charge is 2.48. The Hall–Kier alpha value is -4.68. The van der Waals surface area contributed by atoms with E-state index in [1.54, 1.807) is 36.4 Å². The smallest absolute Gasteiger partial charge is 0.377 e. The summed E-state index contributed by atoms with van der Waals surface area (Å²) in [6.45, 7) is -1.07. The molecule has 4 aromatic carbocycles. The first-order chi connectivity index (χ1) is 23.3. The normalized spacial score (nSPS) is 14.1. The number of nitrogens with one attached hydrogen (secondary N) is 3. The van der Waals surface area contributed by atoms with Crippen molar-refractivity contribution in [2.45, 2.75) is 49.7 Å². The van der Waals surface area contributed by atoms with Crippen LogP contribution in [0.25, 0.3) is 22.3 Å². The van der Waals surface area contributed by atoms with Gasteiger partial charge in [0.15, 0.2) is 0 Å². The maximum absolute atomic E-state index is 13.1. The van der Waals surface area contributed by atoms with Crippen molar-refractivity contribution in [2.75, 3.05) is 19.6 Å². The summed E-state index contributed by atoms with van der Waals surface area (Å²) in [6.07, 6.45) is -9.27. The Balaban J connectivity index is 1.14. The number of hydrogen-bond acceptors (Lipinski definition) is 4. The number of benzene rings is 4. The van der Waals surface area contributed by atoms with Crippen LogP contribution < -0.4 is 16.0 Å². The molecule has 0 radical (unpaired) electrons. The van der Waals surface area contributed by atoms with Crippen LogP contribution in [0.5, 0.6) is 0 Å². The van der Waals surface area contributed by atoms with E-state index in [2.05, 4.69) is 16.0 Å². The number of carbonyl (C=O) groups is 2. The summed E-state index contributed by atoms with van der Waals surface area (Å²) in [5.41, 5.74) is 2.37. The highest BCUT2D eigenvalue weighted by atomic mass is 19.4. The van der Waals surface area contributed by atoms with Gasteiger partial charge in [0.05, 0.1) is 17.5 Å². The number of aliphatic hydroxyl groups excluding tert-OH is 1. The van der Waals surface area contributed by atoms with Gasteiger partial charge in [0.25, 0.3) is 5.91 Å². The number of rotatable bonds is 13. The number of amides is 2. The Morgan fingerprint density at radius 1 is 0.694 bits per heavy atom. The molecule has 0 aromatic heterocycles. The first kappa shape index (κ1) is 35.6. The second kappa shape index (κ2) is 14.8. The lowest BCUT2D eigenvalue weighted by atomic mass is 9.72. The van der Waals surface area contributed by atoms with Gasteiger partial charge in [-0.15, -0.1) is 0 Å². The van der Waals surface area contributed by atoms with Crippen molar-refractivity contribution in [1.82, 2.24) is 16.0 Å². The monoisotopic (exact) mass is 683 g/mol. The Kier molecular flexibility index (Phi) is 10.8. The van der Waals surface area contributed by atoms with Gasteiger partial charge in [-0.2, -0.15) is 26.3 Å². The van der Waals surface area contributed by atoms with E-state index in [0.717, 1.165) is 34.4 Å². The SMILES string of the molecule is O=C(CCNC(=O)c1ccccc1-c1ccc(C(F)(F)F)cc1)NCCCCC1([C@@H](O)NCC(F)(F)F)c2ccccc2-c2ccccc21. The standard InChI is InChI=1S/C37H35F6N3O3/c38-36(39,40)23-46-34(49)35(30-13-5-3-10-27(30)28-11-4-6-14-31(28)35)20-7-8-21-44-32(47)19-22-45-33(48)29-12-2-1-9-26(29)24-15-17-25(18-16-24)37(41,42)43/h1-6,9-18,34,46,49H,7-8,19-23H2,(H,44,47)(H,45,48)/t34-/m1/s1. The summed E-state index contributed by atoms with van der Waals surface area (Å²) in [5, 5.41) is 19.1. The Labute approximate surface area is 279 Å². The molecule has 0 spiro atoms. The lowest BCUT2D eigenvalue weighted by molar-refractivity contribution is -0.137. The number of halogens is 6. The fourth-order valence-corrected chi connectivity index (χ4v) is 6.45. The summed E-state index contributed by atoms with van der Waals surface area (Å²) in [5.74, 6) is -0.808. The quantitative estimate of drug-likeness (QED) is 0.0681. The molecular formula is C37H35F6N3O3. The van der Waals surface area contributed by atoms with Gasteiger partial charge in [-0.05, 0) is 64.4 Å². The predicted octanol–water partition coefficient (Wildman–Crippen LogP) is 7.22. The van der Waals surface area contributed by atoms with E-state index in [0.29, 0.717) is 30.4 Å². The number of hydrogen-bond donors (Lipinski definition) is 4. The van der Waals surface area contributed by atoms with Crippen LogP contribution in [-0.2, 0) is 16.4 Å². The second-order valence-electron chi connectivity index (χ2n) is 11.9. The molecule has 0 fully saturated rings. The summed E-state index contributed by atoms with van der Waals surface area (Å²) in [6, 6.07) is 25.7. The fraction of sp³-hybridized carbons (Fsp3) is 0.297. The van der Waals surface area contributed by atoms with Crippen LogP contribution in [0.3, 0.4) is 0 Å². The molecule has 4 N–H and O–H groups in total. The van der Waals surface area contributed by atoms with Crippen molar-refractivity contribution in [3.8, 4) is 22.3 Å². The minimum Gasteiger partial charge on any atom is -0.377 e. The van der Waals surface area contributed by atoms with Crippen molar-refractivity contribution >= 4 is 11.8 Å². The number of fused-ring (bicyclic) bond motifs is 3. The molecule has 0 saturated heterocycles. The van der Waals surface area contributed by atoms with Gasteiger partial charge in [-0.3, -0.25) is 14.9 Å². The number of aliphatic hydroxyl groups is 1. The third-order valence-electron chi connectivity index (χ3n) is 8.72. The molecule has 6 nitrogen and oxygen atoms in total. The molecule has 1 atom stereocenters. The molecular weight excluding hydrogens is 648 g/mol. The van der Waals surface area contributed by atoms with Crippen LogP contribution >= 0.6 is 0 Å². The van der Waals surface area contributed by atoms with Gasteiger partial charge in [-0.25, -0.2) is 0 Å². The van der Waals surface area contributed by atoms with E-state index in [9.17, 15) is 41.0 Å². The van der Waals surface area contributed by atoms with E-state index in [1.807, 2.05) is 36.4 Å². The lowest BCUT2D eigenvalue weighted by Gasteiger charge is -2.37. The minimum atomic E-state index is -4.51. The van der Waals surface area contributed by atoms with Gasteiger partial charge in [0, 0.05) is 25.1 Å². The van der Waals surface area contributed by atoms with Crippen LogP contribution in [0.2, 0.25) is 0 Å². The van der Waals surface area contributed by atoms with Crippen molar-refractivity contribution in [3.05, 3.63) is 119 Å².